The van der Waals surface area contributed by atoms with Gasteiger partial charge in [0.1, 0.15) is 24.2 Å². The Kier molecular flexibility index (Phi) is 4.14. The molecule has 2 aromatic heterocycles. The minimum absolute atomic E-state index is 0.0633. The molecule has 0 saturated carbocycles. The van der Waals surface area contributed by atoms with Crippen LogP contribution in [-0.2, 0) is 11.3 Å². The zero-order valence-electron chi connectivity index (χ0n) is 11.0. The number of thiophene rings is 1. The van der Waals surface area contributed by atoms with E-state index in [1.165, 1.54) is 22.1 Å². The first-order chi connectivity index (χ1) is 9.49. The molecule has 106 valence electrons. The predicted octanol–water partition coefficient (Wildman–Crippen LogP) is 2.33. The topological polar surface area (TPSA) is 87.3 Å². The van der Waals surface area contributed by atoms with Crippen molar-refractivity contribution < 1.29 is 14.5 Å². The fraction of sp³-hybridized carbons (Fsp3) is 0.333. The van der Waals surface area contributed by atoms with E-state index in [0.717, 1.165) is 4.88 Å². The zero-order valence-corrected chi connectivity index (χ0v) is 11.8. The third kappa shape index (κ3) is 3.02. The summed E-state index contributed by atoms with van der Waals surface area (Å²) >= 11 is 1.35. The zero-order chi connectivity index (χ0) is 14.7. The molecule has 0 aromatic carbocycles. The number of nitrogens with zero attached hydrogens (tertiary/aromatic N) is 3. The van der Waals surface area contributed by atoms with Crippen LogP contribution in [0.2, 0.25) is 0 Å². The van der Waals surface area contributed by atoms with Gasteiger partial charge in [-0.3, -0.25) is 0 Å². The number of nitro groups is 1. The first kappa shape index (κ1) is 14.2. The maximum absolute atomic E-state index is 11.7. The van der Waals surface area contributed by atoms with Crippen molar-refractivity contribution in [1.82, 2.24) is 9.55 Å². The third-order valence-corrected chi connectivity index (χ3v) is 3.69. The summed E-state index contributed by atoms with van der Waals surface area (Å²) in [7, 11) is 0. The van der Waals surface area contributed by atoms with Crippen LogP contribution in [0.25, 0.3) is 0 Å². The van der Waals surface area contributed by atoms with Crippen LogP contribution in [0.4, 0.5) is 5.82 Å². The van der Waals surface area contributed by atoms with Crippen LogP contribution in [0.1, 0.15) is 20.4 Å². The van der Waals surface area contributed by atoms with Gasteiger partial charge in [-0.15, -0.1) is 11.3 Å². The number of aromatic nitrogens is 2. The summed E-state index contributed by atoms with van der Waals surface area (Å²) in [6.07, 6.45) is 1.19. The second kappa shape index (κ2) is 5.83. The molecule has 2 rings (SSSR count). The summed E-state index contributed by atoms with van der Waals surface area (Å²) in [5.74, 6) is -0.00578. The van der Waals surface area contributed by atoms with Gasteiger partial charge in [-0.2, -0.15) is 0 Å². The lowest BCUT2D eigenvalue weighted by Crippen LogP contribution is -2.13. The highest BCUT2D eigenvalue weighted by atomic mass is 32.1. The van der Waals surface area contributed by atoms with Gasteiger partial charge in [0, 0.05) is 11.8 Å². The summed E-state index contributed by atoms with van der Waals surface area (Å²) in [6, 6.07) is 3.54. The SMILES string of the molecule is Cc1ccc(C(=O)OCCn2c([N+](=O)[O-])cnc2C)s1. The van der Waals surface area contributed by atoms with E-state index in [0.29, 0.717) is 10.7 Å². The molecular weight excluding hydrogens is 282 g/mol. The summed E-state index contributed by atoms with van der Waals surface area (Å²) in [5, 5.41) is 10.8. The van der Waals surface area contributed by atoms with E-state index in [1.807, 2.05) is 13.0 Å². The normalized spacial score (nSPS) is 10.5. The smallest absolute Gasteiger partial charge is 0.348 e. The molecule has 0 aliphatic heterocycles. The highest BCUT2D eigenvalue weighted by Gasteiger charge is 2.18. The highest BCUT2D eigenvalue weighted by Crippen LogP contribution is 2.17. The number of ether oxygens (including phenoxy) is 1. The van der Waals surface area contributed by atoms with E-state index in [4.69, 9.17) is 4.74 Å². The molecule has 0 saturated heterocycles. The molecule has 7 nitrogen and oxygen atoms in total. The number of carbonyl (C=O) groups excluding carboxylic acids is 1. The molecule has 2 aromatic rings. The Hall–Kier alpha value is -2.22. The summed E-state index contributed by atoms with van der Waals surface area (Å²) in [6.45, 7) is 3.84. The maximum atomic E-state index is 11.7. The van der Waals surface area contributed by atoms with Gasteiger partial charge < -0.3 is 14.9 Å². The Labute approximate surface area is 119 Å². The number of esters is 1. The number of hydrogen-bond acceptors (Lipinski definition) is 6. The van der Waals surface area contributed by atoms with Crippen LogP contribution in [0.3, 0.4) is 0 Å². The van der Waals surface area contributed by atoms with E-state index in [1.54, 1.807) is 13.0 Å². The fourth-order valence-corrected chi connectivity index (χ4v) is 2.48. The lowest BCUT2D eigenvalue weighted by atomic mass is 10.4. The van der Waals surface area contributed by atoms with Gasteiger partial charge in [-0.25, -0.2) is 14.3 Å². The quantitative estimate of drug-likeness (QED) is 0.480. The first-order valence-corrected chi connectivity index (χ1v) is 6.71. The number of aryl methyl sites for hydroxylation is 2. The molecule has 0 fully saturated rings. The summed E-state index contributed by atoms with van der Waals surface area (Å²) in [4.78, 5) is 27.4. The van der Waals surface area contributed by atoms with Crippen LogP contribution in [-0.4, -0.2) is 27.1 Å². The van der Waals surface area contributed by atoms with Crippen molar-refractivity contribution in [1.29, 1.82) is 0 Å². The van der Waals surface area contributed by atoms with Crippen LogP contribution < -0.4 is 0 Å². The maximum Gasteiger partial charge on any atom is 0.348 e. The van der Waals surface area contributed by atoms with Crippen LogP contribution in [0.15, 0.2) is 18.3 Å². The van der Waals surface area contributed by atoms with Gasteiger partial charge in [-0.05, 0) is 24.0 Å². The van der Waals surface area contributed by atoms with Gasteiger partial charge in [0.25, 0.3) is 0 Å². The predicted molar refractivity (Wildman–Crippen MR) is 73.0 cm³/mol. The number of imidazole rings is 1. The second-order valence-corrected chi connectivity index (χ2v) is 5.41. The van der Waals surface area contributed by atoms with E-state index >= 15 is 0 Å². The molecule has 0 unspecified atom stereocenters. The molecule has 0 aliphatic carbocycles. The van der Waals surface area contributed by atoms with Crippen molar-refractivity contribution in [3.05, 3.63) is 44.0 Å². The summed E-state index contributed by atoms with van der Waals surface area (Å²) in [5.41, 5.74) is 0. The molecule has 20 heavy (non-hydrogen) atoms. The van der Waals surface area contributed by atoms with Crippen molar-refractivity contribution in [3.63, 3.8) is 0 Å². The van der Waals surface area contributed by atoms with Crippen molar-refractivity contribution in [2.24, 2.45) is 0 Å². The van der Waals surface area contributed by atoms with E-state index in [9.17, 15) is 14.9 Å². The molecule has 0 amide bonds. The van der Waals surface area contributed by atoms with Gasteiger partial charge >= 0.3 is 11.8 Å². The molecule has 2 heterocycles. The lowest BCUT2D eigenvalue weighted by Gasteiger charge is -2.04. The van der Waals surface area contributed by atoms with Gasteiger partial charge in [-0.1, -0.05) is 0 Å². The van der Waals surface area contributed by atoms with Crippen LogP contribution >= 0.6 is 11.3 Å². The van der Waals surface area contributed by atoms with Crippen molar-refractivity contribution in [2.45, 2.75) is 20.4 Å². The Morgan fingerprint density at radius 1 is 1.50 bits per heavy atom. The first-order valence-electron chi connectivity index (χ1n) is 5.89. The molecule has 0 N–H and O–H groups in total. The monoisotopic (exact) mass is 295 g/mol. The Morgan fingerprint density at radius 3 is 2.85 bits per heavy atom. The Morgan fingerprint density at radius 2 is 2.25 bits per heavy atom. The average Bonchev–Trinajstić information content (AvgIpc) is 2.96. The molecule has 0 radical (unpaired) electrons. The second-order valence-electron chi connectivity index (χ2n) is 4.12. The Bertz CT molecular complexity index is 647. The molecular formula is C12H13N3O4S. The van der Waals surface area contributed by atoms with Gasteiger partial charge in [0.05, 0.1) is 0 Å². The van der Waals surface area contributed by atoms with Gasteiger partial charge in [0.15, 0.2) is 5.82 Å². The number of carbonyl (C=O) groups is 1. The van der Waals surface area contributed by atoms with E-state index < -0.39 is 10.9 Å². The minimum Gasteiger partial charge on any atom is -0.457 e. The van der Waals surface area contributed by atoms with Crippen LogP contribution in [0, 0.1) is 24.0 Å². The summed E-state index contributed by atoms with van der Waals surface area (Å²) < 4.78 is 6.51. The fourth-order valence-electron chi connectivity index (χ4n) is 1.72. The van der Waals surface area contributed by atoms with E-state index in [2.05, 4.69) is 4.98 Å². The molecule has 0 spiro atoms. The largest absolute Gasteiger partial charge is 0.457 e. The van der Waals surface area contributed by atoms with Crippen LogP contribution in [0.5, 0.6) is 0 Å². The van der Waals surface area contributed by atoms with Gasteiger partial charge in [0.2, 0.25) is 0 Å². The molecule has 0 bridgehead atoms. The number of hydrogen-bond donors (Lipinski definition) is 0. The molecule has 0 atom stereocenters. The minimum atomic E-state index is -0.509. The Balaban J connectivity index is 1.95. The van der Waals surface area contributed by atoms with Crippen molar-refractivity contribution in [3.8, 4) is 0 Å². The standard InChI is InChI=1S/C12H13N3O4S/c1-8-3-4-10(20-8)12(16)19-6-5-14-9(2)13-7-11(14)15(17)18/h3-4,7H,5-6H2,1-2H3. The van der Waals surface area contributed by atoms with E-state index in [-0.39, 0.29) is 19.0 Å². The van der Waals surface area contributed by atoms with Crippen molar-refractivity contribution in [2.75, 3.05) is 6.61 Å². The number of rotatable bonds is 5. The average molecular weight is 295 g/mol. The molecule has 8 heteroatoms. The molecule has 0 aliphatic rings. The third-order valence-electron chi connectivity index (χ3n) is 2.71. The highest BCUT2D eigenvalue weighted by molar-refractivity contribution is 7.13. The lowest BCUT2D eigenvalue weighted by molar-refractivity contribution is -0.392. The van der Waals surface area contributed by atoms with Crippen molar-refractivity contribution >= 4 is 23.1 Å².